The molecule has 6 heteroatoms. The maximum absolute atomic E-state index is 11.7. The summed E-state index contributed by atoms with van der Waals surface area (Å²) in [6.07, 6.45) is 3.10. The van der Waals surface area contributed by atoms with Crippen LogP contribution in [-0.4, -0.2) is 16.0 Å². The standard InChI is InChI=1S/C10H8BrN3O2/c11-9-5-7(1-3-12-9)10(15)13-6-8-2-4-14-16-8/h1-5H,6H2,(H,13,15). The number of pyridine rings is 1. The van der Waals surface area contributed by atoms with Crippen molar-refractivity contribution in [1.29, 1.82) is 0 Å². The molecule has 82 valence electrons. The molecule has 0 radical (unpaired) electrons. The molecule has 1 N–H and O–H groups in total. The van der Waals surface area contributed by atoms with Crippen molar-refractivity contribution in [3.05, 3.63) is 46.5 Å². The van der Waals surface area contributed by atoms with Crippen LogP contribution in [0.2, 0.25) is 0 Å². The van der Waals surface area contributed by atoms with Crippen molar-refractivity contribution in [3.8, 4) is 0 Å². The van der Waals surface area contributed by atoms with Gasteiger partial charge in [-0.1, -0.05) is 5.16 Å². The Morgan fingerprint density at radius 3 is 3.00 bits per heavy atom. The lowest BCUT2D eigenvalue weighted by molar-refractivity contribution is 0.0947. The van der Waals surface area contributed by atoms with E-state index in [9.17, 15) is 4.79 Å². The monoisotopic (exact) mass is 281 g/mol. The predicted molar refractivity (Wildman–Crippen MR) is 59.6 cm³/mol. The van der Waals surface area contributed by atoms with E-state index in [1.807, 2.05) is 0 Å². The Kier molecular flexibility index (Phi) is 3.31. The van der Waals surface area contributed by atoms with Gasteiger partial charge in [-0.2, -0.15) is 0 Å². The fraction of sp³-hybridized carbons (Fsp3) is 0.100. The summed E-state index contributed by atoms with van der Waals surface area (Å²) in [4.78, 5) is 15.6. The van der Waals surface area contributed by atoms with Crippen LogP contribution < -0.4 is 5.32 Å². The van der Waals surface area contributed by atoms with Gasteiger partial charge in [0.1, 0.15) is 4.60 Å². The van der Waals surface area contributed by atoms with Crippen LogP contribution in [0.3, 0.4) is 0 Å². The molecule has 0 atom stereocenters. The number of aromatic nitrogens is 2. The molecule has 0 aromatic carbocycles. The SMILES string of the molecule is O=C(NCc1ccno1)c1ccnc(Br)c1. The fourth-order valence-electron chi connectivity index (χ4n) is 1.15. The third-order valence-electron chi connectivity index (χ3n) is 1.90. The van der Waals surface area contributed by atoms with Crippen LogP contribution in [0.5, 0.6) is 0 Å². The first-order chi connectivity index (χ1) is 7.75. The smallest absolute Gasteiger partial charge is 0.251 e. The lowest BCUT2D eigenvalue weighted by Gasteiger charge is -2.02. The van der Waals surface area contributed by atoms with Gasteiger partial charge in [-0.3, -0.25) is 4.79 Å². The van der Waals surface area contributed by atoms with Gasteiger partial charge in [-0.25, -0.2) is 4.98 Å². The van der Waals surface area contributed by atoms with Crippen LogP contribution in [0.4, 0.5) is 0 Å². The summed E-state index contributed by atoms with van der Waals surface area (Å²) in [5, 5.41) is 6.25. The number of amides is 1. The first-order valence-electron chi connectivity index (χ1n) is 4.55. The number of hydrogen-bond donors (Lipinski definition) is 1. The van der Waals surface area contributed by atoms with Crippen molar-refractivity contribution in [2.24, 2.45) is 0 Å². The van der Waals surface area contributed by atoms with Crippen molar-refractivity contribution in [2.45, 2.75) is 6.54 Å². The second-order valence-corrected chi connectivity index (χ2v) is 3.84. The van der Waals surface area contributed by atoms with Crippen molar-refractivity contribution in [2.75, 3.05) is 0 Å². The van der Waals surface area contributed by atoms with E-state index in [1.54, 1.807) is 24.4 Å². The van der Waals surface area contributed by atoms with E-state index in [-0.39, 0.29) is 5.91 Å². The molecule has 0 aliphatic carbocycles. The topological polar surface area (TPSA) is 68.0 Å². The zero-order chi connectivity index (χ0) is 11.4. The number of nitrogens with one attached hydrogen (secondary N) is 1. The first-order valence-corrected chi connectivity index (χ1v) is 5.34. The summed E-state index contributed by atoms with van der Waals surface area (Å²) in [5.41, 5.74) is 0.543. The summed E-state index contributed by atoms with van der Waals surface area (Å²) >= 11 is 3.20. The minimum atomic E-state index is -0.181. The highest BCUT2D eigenvalue weighted by Gasteiger charge is 2.06. The Labute approximate surface area is 100.0 Å². The first kappa shape index (κ1) is 10.8. The largest absolute Gasteiger partial charge is 0.360 e. The molecule has 2 heterocycles. The Bertz CT molecular complexity index is 485. The quantitative estimate of drug-likeness (QED) is 0.871. The molecule has 0 fully saturated rings. The van der Waals surface area contributed by atoms with Crippen LogP contribution in [0.15, 0.2) is 39.7 Å². The van der Waals surface area contributed by atoms with Gasteiger partial charge in [0.05, 0.1) is 12.7 Å². The molecule has 16 heavy (non-hydrogen) atoms. The summed E-state index contributed by atoms with van der Waals surface area (Å²) in [5.74, 6) is 0.431. The molecule has 0 spiro atoms. The zero-order valence-electron chi connectivity index (χ0n) is 8.18. The van der Waals surface area contributed by atoms with Crippen molar-refractivity contribution >= 4 is 21.8 Å². The average molecular weight is 282 g/mol. The Balaban J connectivity index is 1.98. The molecule has 0 unspecified atom stereocenters. The van der Waals surface area contributed by atoms with Gasteiger partial charge >= 0.3 is 0 Å². The lowest BCUT2D eigenvalue weighted by atomic mass is 10.2. The van der Waals surface area contributed by atoms with E-state index in [0.717, 1.165) is 0 Å². The number of rotatable bonds is 3. The minimum Gasteiger partial charge on any atom is -0.360 e. The van der Waals surface area contributed by atoms with Gasteiger partial charge < -0.3 is 9.84 Å². The highest BCUT2D eigenvalue weighted by Crippen LogP contribution is 2.08. The molecule has 0 saturated carbocycles. The number of nitrogens with zero attached hydrogens (tertiary/aromatic N) is 2. The molecule has 2 aromatic heterocycles. The normalized spacial score (nSPS) is 10.1. The van der Waals surface area contributed by atoms with Crippen LogP contribution in [0.25, 0.3) is 0 Å². The molecule has 2 aromatic rings. The van der Waals surface area contributed by atoms with Crippen molar-refractivity contribution in [1.82, 2.24) is 15.5 Å². The molecule has 2 rings (SSSR count). The number of carbonyl (C=O) groups is 1. The maximum atomic E-state index is 11.7. The van der Waals surface area contributed by atoms with E-state index < -0.39 is 0 Å². The van der Waals surface area contributed by atoms with Gasteiger partial charge in [0.25, 0.3) is 5.91 Å². The number of hydrogen-bond acceptors (Lipinski definition) is 4. The molecule has 5 nitrogen and oxygen atoms in total. The maximum Gasteiger partial charge on any atom is 0.251 e. The molecule has 1 amide bonds. The molecular weight excluding hydrogens is 274 g/mol. The van der Waals surface area contributed by atoms with Crippen molar-refractivity contribution < 1.29 is 9.32 Å². The summed E-state index contributed by atoms with van der Waals surface area (Å²) in [6.45, 7) is 0.318. The Hall–Kier alpha value is -1.69. The van der Waals surface area contributed by atoms with Crippen molar-refractivity contribution in [3.63, 3.8) is 0 Å². The van der Waals surface area contributed by atoms with Crippen LogP contribution >= 0.6 is 15.9 Å². The zero-order valence-corrected chi connectivity index (χ0v) is 9.77. The molecule has 0 saturated heterocycles. The average Bonchev–Trinajstić information content (AvgIpc) is 2.78. The summed E-state index contributed by atoms with van der Waals surface area (Å²) in [6, 6.07) is 4.99. The van der Waals surface area contributed by atoms with E-state index in [0.29, 0.717) is 22.5 Å². The highest BCUT2D eigenvalue weighted by molar-refractivity contribution is 9.10. The van der Waals surface area contributed by atoms with Crippen LogP contribution in [0, 0.1) is 0 Å². The Morgan fingerprint density at radius 2 is 2.31 bits per heavy atom. The predicted octanol–water partition coefficient (Wildman–Crippen LogP) is 1.76. The molecule has 0 aliphatic rings. The Morgan fingerprint density at radius 1 is 1.44 bits per heavy atom. The third-order valence-corrected chi connectivity index (χ3v) is 2.34. The second kappa shape index (κ2) is 4.89. The number of halogens is 1. The van der Waals surface area contributed by atoms with E-state index in [1.165, 1.54) is 6.20 Å². The third kappa shape index (κ3) is 2.66. The fourth-order valence-corrected chi connectivity index (χ4v) is 1.51. The highest BCUT2D eigenvalue weighted by atomic mass is 79.9. The molecule has 0 aliphatic heterocycles. The van der Waals surface area contributed by atoms with Crippen LogP contribution in [0.1, 0.15) is 16.1 Å². The minimum absolute atomic E-state index is 0.181. The van der Waals surface area contributed by atoms with Gasteiger partial charge in [-0.05, 0) is 28.1 Å². The van der Waals surface area contributed by atoms with E-state index >= 15 is 0 Å². The van der Waals surface area contributed by atoms with E-state index in [4.69, 9.17) is 4.52 Å². The van der Waals surface area contributed by atoms with Gasteiger partial charge in [0, 0.05) is 17.8 Å². The van der Waals surface area contributed by atoms with E-state index in [2.05, 4.69) is 31.4 Å². The molecular formula is C10H8BrN3O2. The van der Waals surface area contributed by atoms with Gasteiger partial charge in [0.15, 0.2) is 5.76 Å². The molecule has 0 bridgehead atoms. The summed E-state index contributed by atoms with van der Waals surface area (Å²) < 4.78 is 5.48. The van der Waals surface area contributed by atoms with Gasteiger partial charge in [0.2, 0.25) is 0 Å². The summed E-state index contributed by atoms with van der Waals surface area (Å²) in [7, 11) is 0. The van der Waals surface area contributed by atoms with Crippen LogP contribution in [-0.2, 0) is 6.54 Å². The number of carbonyl (C=O) groups excluding carboxylic acids is 1. The van der Waals surface area contributed by atoms with Gasteiger partial charge in [-0.15, -0.1) is 0 Å². The lowest BCUT2D eigenvalue weighted by Crippen LogP contribution is -2.22. The second-order valence-electron chi connectivity index (χ2n) is 3.03.